The molecule has 18 heavy (non-hydrogen) atoms. The highest BCUT2D eigenvalue weighted by Crippen LogP contribution is 2.31. The predicted octanol–water partition coefficient (Wildman–Crippen LogP) is 1.87. The maximum absolute atomic E-state index is 5.81. The van der Waals surface area contributed by atoms with Gasteiger partial charge < -0.3 is 16.0 Å². The third kappa shape index (κ3) is 2.21. The zero-order chi connectivity index (χ0) is 12.7. The molecule has 0 spiro atoms. The van der Waals surface area contributed by atoms with Gasteiger partial charge in [0.1, 0.15) is 11.6 Å². The van der Waals surface area contributed by atoms with Gasteiger partial charge in [-0.05, 0) is 32.1 Å². The van der Waals surface area contributed by atoms with Crippen LogP contribution in [-0.4, -0.2) is 28.6 Å². The van der Waals surface area contributed by atoms with Crippen LogP contribution in [0.4, 0.5) is 17.6 Å². The minimum Gasteiger partial charge on any atom is -0.368 e. The average Bonchev–Trinajstić information content (AvgIpc) is 3.06. The molecule has 2 aliphatic rings. The molecule has 98 valence electrons. The van der Waals surface area contributed by atoms with Crippen LogP contribution in [0.25, 0.3) is 0 Å². The summed E-state index contributed by atoms with van der Waals surface area (Å²) in [6.45, 7) is 5.60. The van der Waals surface area contributed by atoms with Gasteiger partial charge in [-0.25, -0.2) is 0 Å². The van der Waals surface area contributed by atoms with Gasteiger partial charge >= 0.3 is 0 Å². The van der Waals surface area contributed by atoms with Crippen LogP contribution < -0.4 is 16.0 Å². The quantitative estimate of drug-likeness (QED) is 0.853. The molecule has 1 aliphatic carbocycles. The highest BCUT2D eigenvalue weighted by molar-refractivity contribution is 5.54. The molecule has 3 N–H and O–H groups in total. The summed E-state index contributed by atoms with van der Waals surface area (Å²) in [4.78, 5) is 11.0. The summed E-state index contributed by atoms with van der Waals surface area (Å²) < 4.78 is 0. The summed E-state index contributed by atoms with van der Waals surface area (Å²) in [6, 6.07) is 3.14. The van der Waals surface area contributed by atoms with E-state index in [9.17, 15) is 0 Å². The largest absolute Gasteiger partial charge is 0.368 e. The number of nitrogen functional groups attached to an aromatic ring is 1. The maximum atomic E-state index is 5.81. The molecule has 1 saturated carbocycles. The number of hydrogen-bond donors (Lipinski definition) is 2. The van der Waals surface area contributed by atoms with E-state index in [1.165, 1.54) is 19.3 Å². The van der Waals surface area contributed by atoms with Crippen molar-refractivity contribution in [3.05, 3.63) is 6.07 Å². The number of nitrogens with two attached hydrogens (primary N) is 1. The molecule has 0 unspecified atom stereocenters. The van der Waals surface area contributed by atoms with Crippen LogP contribution in [0.1, 0.15) is 33.1 Å². The topological polar surface area (TPSA) is 67.1 Å². The van der Waals surface area contributed by atoms with Crippen molar-refractivity contribution in [2.45, 2.75) is 45.2 Å². The van der Waals surface area contributed by atoms with Gasteiger partial charge in [-0.15, -0.1) is 0 Å². The number of nitrogens with one attached hydrogen (secondary N) is 1. The Morgan fingerprint density at radius 1 is 1.28 bits per heavy atom. The molecule has 2 fully saturated rings. The third-order valence-electron chi connectivity index (χ3n) is 4.09. The number of nitrogens with zero attached hydrogens (tertiary/aromatic N) is 3. The molecule has 1 aromatic heterocycles. The minimum absolute atomic E-state index is 0.363. The Morgan fingerprint density at radius 2 is 2.06 bits per heavy atom. The van der Waals surface area contributed by atoms with Crippen molar-refractivity contribution >= 4 is 17.6 Å². The molecule has 1 aliphatic heterocycles. The zero-order valence-corrected chi connectivity index (χ0v) is 11.1. The first-order valence-electron chi connectivity index (χ1n) is 6.81. The number of aromatic nitrogens is 2. The second-order valence-electron chi connectivity index (χ2n) is 5.59. The van der Waals surface area contributed by atoms with Crippen molar-refractivity contribution < 1.29 is 0 Å². The van der Waals surface area contributed by atoms with Crippen molar-refractivity contribution in [1.29, 1.82) is 0 Å². The Balaban J connectivity index is 1.84. The van der Waals surface area contributed by atoms with E-state index in [-0.39, 0.29) is 0 Å². The summed E-state index contributed by atoms with van der Waals surface area (Å²) in [5.41, 5.74) is 5.81. The van der Waals surface area contributed by atoms with Gasteiger partial charge in [0.2, 0.25) is 5.95 Å². The lowest BCUT2D eigenvalue weighted by atomic mass is 10.1. The molecule has 0 aromatic carbocycles. The highest BCUT2D eigenvalue weighted by atomic mass is 15.3. The van der Waals surface area contributed by atoms with Crippen molar-refractivity contribution in [2.75, 3.05) is 22.5 Å². The van der Waals surface area contributed by atoms with E-state index >= 15 is 0 Å². The Labute approximate surface area is 108 Å². The monoisotopic (exact) mass is 247 g/mol. The van der Waals surface area contributed by atoms with Gasteiger partial charge in [0.25, 0.3) is 0 Å². The molecule has 0 radical (unpaired) electrons. The second-order valence-corrected chi connectivity index (χ2v) is 5.59. The van der Waals surface area contributed by atoms with Crippen LogP contribution >= 0.6 is 0 Å². The number of anilines is 3. The third-order valence-corrected chi connectivity index (χ3v) is 4.09. The molecule has 2 heterocycles. The molecule has 0 bridgehead atoms. The molecule has 2 atom stereocenters. The van der Waals surface area contributed by atoms with Crippen molar-refractivity contribution in [2.24, 2.45) is 5.92 Å². The second kappa shape index (κ2) is 4.30. The van der Waals surface area contributed by atoms with Crippen LogP contribution in [0.5, 0.6) is 0 Å². The van der Waals surface area contributed by atoms with Gasteiger partial charge in [-0.1, -0.05) is 6.92 Å². The van der Waals surface area contributed by atoms with E-state index in [4.69, 9.17) is 5.73 Å². The van der Waals surface area contributed by atoms with Crippen molar-refractivity contribution in [1.82, 2.24) is 9.97 Å². The molecule has 5 heteroatoms. The van der Waals surface area contributed by atoms with Gasteiger partial charge in [-0.3, -0.25) is 0 Å². The van der Waals surface area contributed by atoms with E-state index in [2.05, 4.69) is 34.0 Å². The zero-order valence-electron chi connectivity index (χ0n) is 11.1. The Bertz CT molecular complexity index is 443. The predicted molar refractivity (Wildman–Crippen MR) is 73.7 cm³/mol. The minimum atomic E-state index is 0.363. The number of hydrogen-bond acceptors (Lipinski definition) is 5. The summed E-state index contributed by atoms with van der Waals surface area (Å²) in [7, 11) is 0. The van der Waals surface area contributed by atoms with E-state index in [0.717, 1.165) is 18.2 Å². The Morgan fingerprint density at radius 3 is 2.67 bits per heavy atom. The fourth-order valence-corrected chi connectivity index (χ4v) is 2.53. The average molecular weight is 247 g/mol. The van der Waals surface area contributed by atoms with Crippen LogP contribution in [0.3, 0.4) is 0 Å². The molecule has 1 aromatic rings. The van der Waals surface area contributed by atoms with Gasteiger partial charge in [0, 0.05) is 24.7 Å². The smallest absolute Gasteiger partial charge is 0.223 e. The summed E-state index contributed by atoms with van der Waals surface area (Å²) in [5, 5.41) is 3.39. The lowest BCUT2D eigenvalue weighted by Crippen LogP contribution is -2.30. The lowest BCUT2D eigenvalue weighted by molar-refractivity contribution is 0.544. The van der Waals surface area contributed by atoms with E-state index < -0.39 is 0 Å². The van der Waals surface area contributed by atoms with Crippen molar-refractivity contribution in [3.63, 3.8) is 0 Å². The first kappa shape index (κ1) is 11.6. The lowest BCUT2D eigenvalue weighted by Gasteiger charge is -2.25. The Kier molecular flexibility index (Phi) is 2.76. The first-order chi connectivity index (χ1) is 8.63. The number of rotatable bonds is 3. The fraction of sp³-hybridized carbons (Fsp3) is 0.692. The van der Waals surface area contributed by atoms with Crippen molar-refractivity contribution in [3.8, 4) is 0 Å². The summed E-state index contributed by atoms with van der Waals surface area (Å²) in [5.74, 6) is 2.90. The SMILES string of the molecule is C[C@@H]1[C@@H](C)CCN1c1cc(NC2CC2)nc(N)n1. The van der Waals surface area contributed by atoms with E-state index in [1.54, 1.807) is 0 Å². The summed E-state index contributed by atoms with van der Waals surface area (Å²) >= 11 is 0. The van der Waals surface area contributed by atoms with Crippen LogP contribution in [0, 0.1) is 5.92 Å². The molecular weight excluding hydrogens is 226 g/mol. The van der Waals surface area contributed by atoms with Crippen LogP contribution in [-0.2, 0) is 0 Å². The van der Waals surface area contributed by atoms with Crippen LogP contribution in [0.2, 0.25) is 0 Å². The standard InChI is InChI=1S/C13H21N5/c1-8-5-6-18(9(8)2)12-7-11(15-10-3-4-10)16-13(14)17-12/h7-10H,3-6H2,1-2H3,(H3,14,15,16,17)/t8-,9+/m0/s1. The van der Waals surface area contributed by atoms with Gasteiger partial charge in [0.05, 0.1) is 0 Å². The first-order valence-corrected chi connectivity index (χ1v) is 6.81. The van der Waals surface area contributed by atoms with E-state index in [0.29, 0.717) is 23.9 Å². The Hall–Kier alpha value is -1.52. The molecule has 1 saturated heterocycles. The highest BCUT2D eigenvalue weighted by Gasteiger charge is 2.29. The molecule has 5 nitrogen and oxygen atoms in total. The maximum Gasteiger partial charge on any atom is 0.223 e. The van der Waals surface area contributed by atoms with Gasteiger partial charge in [0.15, 0.2) is 0 Å². The summed E-state index contributed by atoms with van der Waals surface area (Å²) in [6.07, 6.45) is 3.68. The molecular formula is C13H21N5. The van der Waals surface area contributed by atoms with Crippen LogP contribution in [0.15, 0.2) is 6.07 Å². The fourth-order valence-electron chi connectivity index (χ4n) is 2.53. The van der Waals surface area contributed by atoms with Gasteiger partial charge in [-0.2, -0.15) is 9.97 Å². The normalized spacial score (nSPS) is 27.6. The molecule has 3 rings (SSSR count). The molecule has 0 amide bonds. The van der Waals surface area contributed by atoms with E-state index in [1.807, 2.05) is 6.07 Å².